The van der Waals surface area contributed by atoms with Crippen molar-refractivity contribution < 1.29 is 9.53 Å². The van der Waals surface area contributed by atoms with Crippen molar-refractivity contribution in [1.82, 2.24) is 4.90 Å². The molecule has 0 aromatic rings. The monoisotopic (exact) mass is 242 g/mol. The van der Waals surface area contributed by atoms with Crippen molar-refractivity contribution in [3.63, 3.8) is 0 Å². The molecule has 0 aromatic carbocycles. The Hall–Kier alpha value is -0.610. The topological polar surface area (TPSA) is 55.6 Å². The quantitative estimate of drug-likeness (QED) is 0.754. The van der Waals surface area contributed by atoms with E-state index in [1.807, 2.05) is 0 Å². The first kappa shape index (κ1) is 14.5. The van der Waals surface area contributed by atoms with Crippen LogP contribution >= 0.6 is 0 Å². The van der Waals surface area contributed by atoms with Crippen LogP contribution in [0.3, 0.4) is 0 Å². The van der Waals surface area contributed by atoms with E-state index in [1.165, 1.54) is 13.5 Å². The summed E-state index contributed by atoms with van der Waals surface area (Å²) in [5.74, 6) is 1.15. The number of methoxy groups -OCH3 is 1. The molecule has 1 fully saturated rings. The van der Waals surface area contributed by atoms with E-state index in [0.29, 0.717) is 6.42 Å². The second-order valence-electron chi connectivity index (χ2n) is 5.86. The maximum atomic E-state index is 11.5. The fourth-order valence-corrected chi connectivity index (χ4v) is 2.70. The molecule has 0 aromatic heterocycles. The Kier molecular flexibility index (Phi) is 4.95. The lowest BCUT2D eigenvalue weighted by atomic mass is 9.91. The van der Waals surface area contributed by atoms with Gasteiger partial charge in [-0.1, -0.05) is 13.8 Å². The van der Waals surface area contributed by atoms with E-state index in [2.05, 4.69) is 18.7 Å². The predicted octanol–water partition coefficient (Wildman–Crippen LogP) is 1.24. The van der Waals surface area contributed by atoms with Gasteiger partial charge < -0.3 is 15.4 Å². The van der Waals surface area contributed by atoms with Gasteiger partial charge in [0.1, 0.15) is 5.54 Å². The summed E-state index contributed by atoms with van der Waals surface area (Å²) in [6, 6.07) is 0. The predicted molar refractivity (Wildman–Crippen MR) is 68.6 cm³/mol. The van der Waals surface area contributed by atoms with Crippen molar-refractivity contribution >= 4 is 5.97 Å². The summed E-state index contributed by atoms with van der Waals surface area (Å²) in [5.41, 5.74) is 5.09. The highest BCUT2D eigenvalue weighted by Crippen LogP contribution is 2.21. The Morgan fingerprint density at radius 2 is 1.94 bits per heavy atom. The Morgan fingerprint density at radius 3 is 2.41 bits per heavy atom. The first-order valence-corrected chi connectivity index (χ1v) is 6.45. The fourth-order valence-electron chi connectivity index (χ4n) is 2.70. The van der Waals surface area contributed by atoms with Crippen LogP contribution in [0.4, 0.5) is 0 Å². The van der Waals surface area contributed by atoms with Gasteiger partial charge in [0.15, 0.2) is 0 Å². The van der Waals surface area contributed by atoms with Gasteiger partial charge in [-0.15, -0.1) is 0 Å². The Labute approximate surface area is 104 Å². The second kappa shape index (κ2) is 5.83. The van der Waals surface area contributed by atoms with E-state index in [1.54, 1.807) is 6.92 Å². The van der Waals surface area contributed by atoms with Crippen LogP contribution in [-0.2, 0) is 9.53 Å². The molecule has 1 rings (SSSR count). The summed E-state index contributed by atoms with van der Waals surface area (Å²) >= 11 is 0. The van der Waals surface area contributed by atoms with E-state index in [9.17, 15) is 4.79 Å². The van der Waals surface area contributed by atoms with Gasteiger partial charge in [0, 0.05) is 19.6 Å². The minimum Gasteiger partial charge on any atom is -0.468 e. The summed E-state index contributed by atoms with van der Waals surface area (Å²) < 4.78 is 4.71. The van der Waals surface area contributed by atoms with Gasteiger partial charge in [0.2, 0.25) is 0 Å². The van der Waals surface area contributed by atoms with Gasteiger partial charge in [-0.25, -0.2) is 0 Å². The Morgan fingerprint density at radius 1 is 1.41 bits per heavy atom. The van der Waals surface area contributed by atoms with E-state index >= 15 is 0 Å². The highest BCUT2D eigenvalue weighted by molar-refractivity contribution is 5.79. The molecule has 4 nitrogen and oxygen atoms in total. The van der Waals surface area contributed by atoms with Crippen LogP contribution in [0.2, 0.25) is 0 Å². The summed E-state index contributed by atoms with van der Waals surface area (Å²) in [5, 5.41) is 0. The van der Waals surface area contributed by atoms with Crippen molar-refractivity contribution in [1.29, 1.82) is 0 Å². The molecule has 2 N–H and O–H groups in total. The number of esters is 1. The molecule has 1 aliphatic heterocycles. The summed E-state index contributed by atoms with van der Waals surface area (Å²) in [7, 11) is 1.39. The van der Waals surface area contributed by atoms with E-state index in [4.69, 9.17) is 10.5 Å². The zero-order chi connectivity index (χ0) is 13.1. The van der Waals surface area contributed by atoms with Gasteiger partial charge in [-0.2, -0.15) is 0 Å². The molecule has 3 unspecified atom stereocenters. The molecule has 4 heteroatoms. The molecule has 1 heterocycles. The molecular formula is C13H26N2O2. The Balaban J connectivity index is 2.42. The number of hydrogen-bond donors (Lipinski definition) is 1. The highest BCUT2D eigenvalue weighted by Gasteiger charge is 2.31. The summed E-state index contributed by atoms with van der Waals surface area (Å²) in [4.78, 5) is 13.9. The van der Waals surface area contributed by atoms with Crippen LogP contribution in [0.1, 0.15) is 33.6 Å². The van der Waals surface area contributed by atoms with Crippen LogP contribution in [0.15, 0.2) is 0 Å². The number of ether oxygens (including phenoxy) is 1. The van der Waals surface area contributed by atoms with Crippen molar-refractivity contribution in [2.75, 3.05) is 26.7 Å². The fraction of sp³-hybridized carbons (Fsp3) is 0.923. The highest BCUT2D eigenvalue weighted by atomic mass is 16.5. The molecule has 0 aliphatic carbocycles. The van der Waals surface area contributed by atoms with Crippen LogP contribution < -0.4 is 5.73 Å². The Bertz CT molecular complexity index is 256. The molecular weight excluding hydrogens is 216 g/mol. The van der Waals surface area contributed by atoms with Gasteiger partial charge >= 0.3 is 5.97 Å². The number of nitrogens with two attached hydrogens (primary N) is 1. The molecule has 0 spiro atoms. The van der Waals surface area contributed by atoms with Crippen LogP contribution in [0.5, 0.6) is 0 Å². The van der Waals surface area contributed by atoms with E-state index in [-0.39, 0.29) is 5.97 Å². The van der Waals surface area contributed by atoms with Crippen molar-refractivity contribution in [2.24, 2.45) is 17.6 Å². The third-order valence-corrected chi connectivity index (χ3v) is 3.54. The number of hydrogen-bond acceptors (Lipinski definition) is 4. The lowest BCUT2D eigenvalue weighted by Gasteiger charge is -2.36. The van der Waals surface area contributed by atoms with Gasteiger partial charge in [0.05, 0.1) is 7.11 Å². The van der Waals surface area contributed by atoms with Gasteiger partial charge in [-0.05, 0) is 31.6 Å². The smallest absolute Gasteiger partial charge is 0.325 e. The molecule has 3 atom stereocenters. The van der Waals surface area contributed by atoms with Crippen molar-refractivity contribution in [3.8, 4) is 0 Å². The standard InChI is InChI=1S/C13H26N2O2/c1-10-7-11(2)9-15(8-10)6-5-13(3,14)12(16)17-4/h10-11H,5-9,14H2,1-4H3. The molecule has 0 radical (unpaired) electrons. The lowest BCUT2D eigenvalue weighted by molar-refractivity contribution is -0.146. The number of carbonyl (C=O) groups excluding carboxylic acids is 1. The van der Waals surface area contributed by atoms with Crippen LogP contribution in [0, 0.1) is 11.8 Å². The maximum Gasteiger partial charge on any atom is 0.325 e. The van der Waals surface area contributed by atoms with E-state index < -0.39 is 5.54 Å². The normalized spacial score (nSPS) is 29.7. The summed E-state index contributed by atoms with van der Waals surface area (Å²) in [6.45, 7) is 9.41. The number of likely N-dealkylation sites (tertiary alicyclic amines) is 1. The zero-order valence-corrected chi connectivity index (χ0v) is 11.5. The van der Waals surface area contributed by atoms with E-state index in [0.717, 1.165) is 31.5 Å². The first-order valence-electron chi connectivity index (χ1n) is 6.45. The van der Waals surface area contributed by atoms with Gasteiger partial charge in [0.25, 0.3) is 0 Å². The van der Waals surface area contributed by atoms with Crippen LogP contribution in [-0.4, -0.2) is 43.2 Å². The first-order chi connectivity index (χ1) is 7.85. The van der Waals surface area contributed by atoms with Gasteiger partial charge in [-0.3, -0.25) is 4.79 Å². The third kappa shape index (κ3) is 4.28. The second-order valence-corrected chi connectivity index (χ2v) is 5.86. The van der Waals surface area contributed by atoms with Crippen LogP contribution in [0.25, 0.3) is 0 Å². The molecule has 100 valence electrons. The average molecular weight is 242 g/mol. The molecule has 0 bridgehead atoms. The largest absolute Gasteiger partial charge is 0.468 e. The molecule has 1 saturated heterocycles. The number of nitrogens with zero attached hydrogens (tertiary/aromatic N) is 1. The number of rotatable bonds is 4. The van der Waals surface area contributed by atoms with Crippen molar-refractivity contribution in [3.05, 3.63) is 0 Å². The lowest BCUT2D eigenvalue weighted by Crippen LogP contribution is -2.49. The molecule has 0 saturated carbocycles. The maximum absolute atomic E-state index is 11.5. The minimum atomic E-state index is -0.862. The average Bonchev–Trinajstić information content (AvgIpc) is 2.24. The van der Waals surface area contributed by atoms with Crippen molar-refractivity contribution in [2.45, 2.75) is 39.2 Å². The number of carbonyl (C=O) groups is 1. The molecule has 0 amide bonds. The zero-order valence-electron chi connectivity index (χ0n) is 11.5. The SMILES string of the molecule is COC(=O)C(C)(N)CCN1CC(C)CC(C)C1. The minimum absolute atomic E-state index is 0.324. The summed E-state index contributed by atoms with van der Waals surface area (Å²) in [6.07, 6.45) is 1.95. The number of piperidine rings is 1. The molecule has 1 aliphatic rings. The molecule has 17 heavy (non-hydrogen) atoms. The third-order valence-electron chi connectivity index (χ3n) is 3.54.